The minimum atomic E-state index is -3.69. The third-order valence-electron chi connectivity index (χ3n) is 6.78. The molecule has 2 aromatic carbocycles. The lowest BCUT2D eigenvalue weighted by molar-refractivity contribution is 0.256. The number of fused-ring (bicyclic) bond motifs is 3. The summed E-state index contributed by atoms with van der Waals surface area (Å²) in [4.78, 5) is 14.8. The summed E-state index contributed by atoms with van der Waals surface area (Å²) < 4.78 is 27.3. The fourth-order valence-electron chi connectivity index (χ4n) is 5.38. The lowest BCUT2D eigenvalue weighted by Crippen LogP contribution is -2.37. The van der Waals surface area contributed by atoms with Gasteiger partial charge in [0, 0.05) is 24.5 Å². The average Bonchev–Trinajstić information content (AvgIpc) is 3.47. The maximum Gasteiger partial charge on any atom is 0.332 e. The zero-order valence-corrected chi connectivity index (χ0v) is 18.6. The van der Waals surface area contributed by atoms with E-state index in [0.717, 1.165) is 57.2 Å². The number of nitrogens with one attached hydrogen (secondary N) is 2. The van der Waals surface area contributed by atoms with E-state index in [0.29, 0.717) is 13.0 Å². The second kappa shape index (κ2) is 8.19. The number of hydrogen-bond acceptors (Lipinski definition) is 4. The first kappa shape index (κ1) is 20.4. The van der Waals surface area contributed by atoms with E-state index in [9.17, 15) is 13.2 Å². The van der Waals surface area contributed by atoms with Crippen LogP contribution in [0.3, 0.4) is 0 Å². The summed E-state index contributed by atoms with van der Waals surface area (Å²) in [7, 11) is -3.69. The molecular weight excluding hydrogens is 410 g/mol. The summed E-state index contributed by atoms with van der Waals surface area (Å²) in [5, 5.41) is 2.90. The molecule has 2 amide bonds. The number of carbonyl (C=O) groups excluding carboxylic acids is 1. The van der Waals surface area contributed by atoms with Gasteiger partial charge in [0.25, 0.3) is 0 Å². The molecule has 164 valence electrons. The van der Waals surface area contributed by atoms with Gasteiger partial charge in [0.15, 0.2) is 0 Å². The van der Waals surface area contributed by atoms with Crippen molar-refractivity contribution >= 4 is 27.4 Å². The Morgan fingerprint density at radius 2 is 1.65 bits per heavy atom. The van der Waals surface area contributed by atoms with E-state index in [1.165, 1.54) is 33.5 Å². The van der Waals surface area contributed by atoms with Crippen molar-refractivity contribution in [3.63, 3.8) is 0 Å². The molecule has 0 atom stereocenters. The number of nitrogens with zero attached hydrogens (tertiary/aromatic N) is 1. The minimum absolute atomic E-state index is 0.0654. The van der Waals surface area contributed by atoms with E-state index in [4.69, 9.17) is 0 Å². The van der Waals surface area contributed by atoms with Crippen LogP contribution < -0.4 is 14.9 Å². The van der Waals surface area contributed by atoms with Crippen molar-refractivity contribution < 1.29 is 13.2 Å². The highest BCUT2D eigenvalue weighted by Gasteiger charge is 2.26. The van der Waals surface area contributed by atoms with E-state index in [2.05, 4.69) is 33.1 Å². The number of anilines is 2. The number of benzene rings is 2. The quantitative estimate of drug-likeness (QED) is 0.721. The molecule has 7 heteroatoms. The zero-order chi connectivity index (χ0) is 21.4. The highest BCUT2D eigenvalue weighted by atomic mass is 32.2. The van der Waals surface area contributed by atoms with Crippen LogP contribution in [0.4, 0.5) is 16.2 Å². The predicted octanol–water partition coefficient (Wildman–Crippen LogP) is 3.57. The van der Waals surface area contributed by atoms with Crippen molar-refractivity contribution in [3.05, 3.63) is 58.1 Å². The Bertz CT molecular complexity index is 1090. The van der Waals surface area contributed by atoms with Crippen molar-refractivity contribution in [2.24, 2.45) is 0 Å². The lowest BCUT2D eigenvalue weighted by atomic mass is 9.99. The van der Waals surface area contributed by atoms with E-state index in [-0.39, 0.29) is 5.75 Å². The van der Waals surface area contributed by atoms with E-state index in [1.807, 2.05) is 12.1 Å². The highest BCUT2D eigenvalue weighted by molar-refractivity contribution is 7.90. The molecule has 0 fully saturated rings. The summed E-state index contributed by atoms with van der Waals surface area (Å²) in [6, 6.07) is 9.90. The number of urea groups is 1. The summed E-state index contributed by atoms with van der Waals surface area (Å²) in [5.74, 6) is -0.0654. The Kier molecular flexibility index (Phi) is 5.38. The van der Waals surface area contributed by atoms with Crippen molar-refractivity contribution in [2.75, 3.05) is 29.1 Å². The van der Waals surface area contributed by atoms with E-state index >= 15 is 0 Å². The van der Waals surface area contributed by atoms with Crippen molar-refractivity contribution in [1.82, 2.24) is 4.72 Å². The molecule has 3 aliphatic rings. The molecule has 0 radical (unpaired) electrons. The molecule has 1 aliphatic heterocycles. The third kappa shape index (κ3) is 4.15. The Labute approximate surface area is 184 Å². The predicted molar refractivity (Wildman–Crippen MR) is 123 cm³/mol. The molecule has 0 bridgehead atoms. The molecule has 0 saturated heterocycles. The summed E-state index contributed by atoms with van der Waals surface area (Å²) in [6.07, 6.45) is 7.62. The number of amides is 2. The van der Waals surface area contributed by atoms with Gasteiger partial charge in [-0.1, -0.05) is 24.3 Å². The van der Waals surface area contributed by atoms with Gasteiger partial charge in [-0.05, 0) is 85.3 Å². The normalized spacial score (nSPS) is 16.7. The van der Waals surface area contributed by atoms with Gasteiger partial charge in [0.05, 0.1) is 5.75 Å². The molecule has 1 heterocycles. The molecule has 5 rings (SSSR count). The third-order valence-corrected chi connectivity index (χ3v) is 8.11. The summed E-state index contributed by atoms with van der Waals surface area (Å²) in [6.45, 7) is 1.58. The smallest absolute Gasteiger partial charge is 0.332 e. The van der Waals surface area contributed by atoms with Crippen LogP contribution >= 0.6 is 0 Å². The lowest BCUT2D eigenvalue weighted by Gasteiger charge is -2.19. The molecule has 6 nitrogen and oxygen atoms in total. The van der Waals surface area contributed by atoms with Crippen LogP contribution in [0.1, 0.15) is 47.1 Å². The molecule has 0 aromatic heterocycles. The summed E-state index contributed by atoms with van der Waals surface area (Å²) in [5.41, 5.74) is 8.38. The van der Waals surface area contributed by atoms with Gasteiger partial charge < -0.3 is 10.2 Å². The van der Waals surface area contributed by atoms with Gasteiger partial charge >= 0.3 is 6.03 Å². The number of sulfonamides is 1. The minimum Gasteiger partial charge on any atom is -0.371 e. The fraction of sp³-hybridized carbons (Fsp3) is 0.458. The van der Waals surface area contributed by atoms with Crippen LogP contribution in [0, 0.1) is 0 Å². The van der Waals surface area contributed by atoms with Crippen LogP contribution in [0.2, 0.25) is 0 Å². The molecule has 0 saturated carbocycles. The number of rotatable bonds is 6. The maximum atomic E-state index is 12.6. The van der Waals surface area contributed by atoms with Gasteiger partial charge in [-0.2, -0.15) is 0 Å². The highest BCUT2D eigenvalue weighted by Crippen LogP contribution is 2.38. The van der Waals surface area contributed by atoms with Crippen LogP contribution in [0.5, 0.6) is 0 Å². The van der Waals surface area contributed by atoms with Crippen LogP contribution in [-0.2, 0) is 42.1 Å². The average molecular weight is 440 g/mol. The monoisotopic (exact) mass is 439 g/mol. The summed E-state index contributed by atoms with van der Waals surface area (Å²) >= 11 is 0. The Morgan fingerprint density at radius 1 is 0.935 bits per heavy atom. The van der Waals surface area contributed by atoms with Gasteiger partial charge in [0.1, 0.15) is 0 Å². The molecular formula is C24H29N3O3S. The van der Waals surface area contributed by atoms with Crippen molar-refractivity contribution in [3.8, 4) is 0 Å². The van der Waals surface area contributed by atoms with E-state index < -0.39 is 16.1 Å². The SMILES string of the molecule is O=C(Nc1c2c(cc3c1CCC3)CCC2)NS(=O)(=O)CCCN1CCc2ccccc21. The number of aryl methyl sites for hydroxylation is 2. The first-order valence-electron chi connectivity index (χ1n) is 11.3. The Hall–Kier alpha value is -2.54. The second-order valence-electron chi connectivity index (χ2n) is 8.83. The molecule has 31 heavy (non-hydrogen) atoms. The Morgan fingerprint density at radius 3 is 2.39 bits per heavy atom. The number of carbonyl (C=O) groups is 1. The second-order valence-corrected chi connectivity index (χ2v) is 10.7. The molecule has 0 spiro atoms. The van der Waals surface area contributed by atoms with Gasteiger partial charge in [0.2, 0.25) is 10.0 Å². The zero-order valence-electron chi connectivity index (χ0n) is 17.7. The molecule has 2 aliphatic carbocycles. The molecule has 2 N–H and O–H groups in total. The van der Waals surface area contributed by atoms with Gasteiger partial charge in [-0.15, -0.1) is 0 Å². The van der Waals surface area contributed by atoms with Crippen molar-refractivity contribution in [1.29, 1.82) is 0 Å². The largest absolute Gasteiger partial charge is 0.371 e. The van der Waals surface area contributed by atoms with Crippen LogP contribution in [-0.4, -0.2) is 33.3 Å². The maximum absolute atomic E-state index is 12.6. The number of para-hydroxylation sites is 1. The Balaban J connectivity index is 1.19. The standard InChI is InChI=1S/C24H29N3O3S/c28-24(25-23-20-9-3-7-18(20)16-19-8-4-10-21(19)23)26-31(29,30)15-5-13-27-14-12-17-6-1-2-11-22(17)27/h1-2,6,11,16H,3-5,7-10,12-15H2,(H2,25,26,28). The van der Waals surface area contributed by atoms with Crippen LogP contribution in [0.25, 0.3) is 0 Å². The molecule has 2 aromatic rings. The molecule has 0 unspecified atom stereocenters. The number of hydrogen-bond donors (Lipinski definition) is 2. The first-order valence-corrected chi connectivity index (χ1v) is 13.0. The fourth-order valence-corrected chi connectivity index (χ4v) is 6.33. The van der Waals surface area contributed by atoms with Gasteiger partial charge in [-0.3, -0.25) is 0 Å². The van der Waals surface area contributed by atoms with Gasteiger partial charge in [-0.25, -0.2) is 17.9 Å². The topological polar surface area (TPSA) is 78.5 Å². The van der Waals surface area contributed by atoms with E-state index in [1.54, 1.807) is 0 Å². The first-order chi connectivity index (χ1) is 15.0. The van der Waals surface area contributed by atoms with Crippen LogP contribution in [0.15, 0.2) is 30.3 Å². The van der Waals surface area contributed by atoms with Crippen molar-refractivity contribution in [2.45, 2.75) is 51.4 Å².